The summed E-state index contributed by atoms with van der Waals surface area (Å²) in [4.78, 5) is 7.29. The highest BCUT2D eigenvalue weighted by molar-refractivity contribution is 7.80. The van der Waals surface area contributed by atoms with Gasteiger partial charge in [0.2, 0.25) is 0 Å². The van der Waals surface area contributed by atoms with Crippen molar-refractivity contribution in [2.75, 3.05) is 4.90 Å². The predicted octanol–water partition coefficient (Wildman–Crippen LogP) is 2.79. The Hall–Kier alpha value is -1.88. The van der Waals surface area contributed by atoms with Crippen LogP contribution in [0.1, 0.15) is 29.9 Å². The molecule has 1 saturated carbocycles. The van der Waals surface area contributed by atoms with Gasteiger partial charge in [-0.15, -0.1) is 0 Å². The third kappa shape index (κ3) is 2.67. The minimum atomic E-state index is 0.387. The van der Waals surface area contributed by atoms with Crippen LogP contribution in [-0.2, 0) is 6.54 Å². The number of anilines is 1. The number of thiocarbonyl (C=S) groups is 1. The number of aromatic nitrogens is 1. The summed E-state index contributed by atoms with van der Waals surface area (Å²) in [7, 11) is 0. The molecule has 0 unspecified atom stereocenters. The van der Waals surface area contributed by atoms with Crippen LogP contribution in [0.2, 0.25) is 0 Å². The minimum absolute atomic E-state index is 0.387. The summed E-state index contributed by atoms with van der Waals surface area (Å²) in [5.41, 5.74) is 7.64. The fraction of sp³-hybridized carbons (Fsp3) is 0.333. The van der Waals surface area contributed by atoms with E-state index in [1.807, 2.05) is 31.2 Å². The van der Waals surface area contributed by atoms with E-state index in [4.69, 9.17) is 22.4 Å². The molecule has 0 atom stereocenters. The number of aryl methyl sites for hydroxylation is 1. The molecule has 3 rings (SSSR count). The maximum atomic E-state index is 5.84. The normalized spacial score (nSPS) is 14.2. The molecule has 0 radical (unpaired) electrons. The van der Waals surface area contributed by atoms with Crippen LogP contribution in [0.3, 0.4) is 0 Å². The molecule has 2 aromatic heterocycles. The highest BCUT2D eigenvalue weighted by atomic mass is 32.1. The van der Waals surface area contributed by atoms with Crippen LogP contribution in [0.4, 0.5) is 5.82 Å². The van der Waals surface area contributed by atoms with Crippen molar-refractivity contribution < 1.29 is 4.42 Å². The summed E-state index contributed by atoms with van der Waals surface area (Å²) in [6.07, 6.45) is 4.04. The van der Waals surface area contributed by atoms with E-state index in [9.17, 15) is 0 Å². The van der Waals surface area contributed by atoms with Gasteiger partial charge < -0.3 is 15.1 Å². The van der Waals surface area contributed by atoms with Gasteiger partial charge in [0.1, 0.15) is 16.6 Å². The lowest BCUT2D eigenvalue weighted by Gasteiger charge is -2.25. The van der Waals surface area contributed by atoms with Crippen LogP contribution in [0, 0.1) is 6.92 Å². The van der Waals surface area contributed by atoms with Crippen LogP contribution in [0.25, 0.3) is 0 Å². The van der Waals surface area contributed by atoms with Gasteiger partial charge in [-0.05, 0) is 44.0 Å². The van der Waals surface area contributed by atoms with Gasteiger partial charge in [-0.2, -0.15) is 0 Å². The Bertz CT molecular complexity index is 620. The molecule has 0 amide bonds. The molecule has 4 nitrogen and oxygen atoms in total. The average Bonchev–Trinajstić information content (AvgIpc) is 3.12. The van der Waals surface area contributed by atoms with E-state index in [0.717, 1.165) is 22.8 Å². The molecule has 0 saturated heterocycles. The van der Waals surface area contributed by atoms with E-state index >= 15 is 0 Å². The molecule has 0 bridgehead atoms. The Morgan fingerprint density at radius 3 is 2.85 bits per heavy atom. The Morgan fingerprint density at radius 1 is 1.45 bits per heavy atom. The van der Waals surface area contributed by atoms with Gasteiger partial charge in [0.15, 0.2) is 0 Å². The largest absolute Gasteiger partial charge is 0.467 e. The third-order valence-electron chi connectivity index (χ3n) is 3.45. The van der Waals surface area contributed by atoms with Crippen LogP contribution in [0.5, 0.6) is 0 Å². The first kappa shape index (κ1) is 13.1. The lowest BCUT2D eigenvalue weighted by Crippen LogP contribution is -2.29. The number of hydrogen-bond acceptors (Lipinski definition) is 4. The number of nitrogens with zero attached hydrogens (tertiary/aromatic N) is 2. The van der Waals surface area contributed by atoms with E-state index in [-0.39, 0.29) is 0 Å². The molecule has 0 aromatic carbocycles. The van der Waals surface area contributed by atoms with Crippen LogP contribution < -0.4 is 10.6 Å². The van der Waals surface area contributed by atoms with Crippen molar-refractivity contribution in [3.8, 4) is 0 Å². The van der Waals surface area contributed by atoms with E-state index in [0.29, 0.717) is 17.6 Å². The molecule has 0 aliphatic heterocycles. The number of hydrogen-bond donors (Lipinski definition) is 1. The van der Waals surface area contributed by atoms with E-state index in [1.165, 1.54) is 12.8 Å². The van der Waals surface area contributed by atoms with E-state index in [1.54, 1.807) is 6.26 Å². The molecular weight excluding hydrogens is 270 g/mol. The monoisotopic (exact) mass is 287 g/mol. The van der Waals surface area contributed by atoms with Gasteiger partial charge in [-0.25, -0.2) is 4.98 Å². The van der Waals surface area contributed by atoms with Crippen molar-refractivity contribution in [1.82, 2.24) is 4.98 Å². The third-order valence-corrected chi connectivity index (χ3v) is 3.67. The highest BCUT2D eigenvalue weighted by Gasteiger charge is 2.32. The van der Waals surface area contributed by atoms with Gasteiger partial charge >= 0.3 is 0 Å². The molecule has 1 aliphatic carbocycles. The average molecular weight is 287 g/mol. The fourth-order valence-corrected chi connectivity index (χ4v) is 2.45. The van der Waals surface area contributed by atoms with Gasteiger partial charge in [-0.1, -0.05) is 12.2 Å². The number of pyridine rings is 1. The summed E-state index contributed by atoms with van der Waals surface area (Å²) >= 11 is 5.15. The predicted molar refractivity (Wildman–Crippen MR) is 82.8 cm³/mol. The first-order chi connectivity index (χ1) is 9.65. The van der Waals surface area contributed by atoms with Crippen LogP contribution >= 0.6 is 12.2 Å². The molecule has 2 heterocycles. The molecule has 1 aliphatic rings. The maximum Gasteiger partial charge on any atom is 0.139 e. The summed E-state index contributed by atoms with van der Waals surface area (Å²) < 4.78 is 5.46. The van der Waals surface area contributed by atoms with Gasteiger partial charge in [0.25, 0.3) is 0 Å². The second-order valence-electron chi connectivity index (χ2n) is 5.13. The number of rotatable bonds is 5. The second kappa shape index (κ2) is 5.25. The summed E-state index contributed by atoms with van der Waals surface area (Å²) in [5.74, 6) is 1.80. The molecular formula is C15H17N3OS. The molecule has 1 fully saturated rings. The molecule has 2 aromatic rings. The van der Waals surface area contributed by atoms with E-state index in [2.05, 4.69) is 9.88 Å². The Morgan fingerprint density at radius 2 is 2.25 bits per heavy atom. The smallest absolute Gasteiger partial charge is 0.139 e. The fourth-order valence-electron chi connectivity index (χ4n) is 2.29. The van der Waals surface area contributed by atoms with Crippen molar-refractivity contribution in [2.24, 2.45) is 5.73 Å². The molecule has 5 heteroatoms. The summed E-state index contributed by atoms with van der Waals surface area (Å²) in [6, 6.07) is 8.28. The van der Waals surface area contributed by atoms with Crippen LogP contribution in [0.15, 0.2) is 34.9 Å². The quantitative estimate of drug-likeness (QED) is 0.857. The zero-order valence-corrected chi connectivity index (χ0v) is 12.2. The standard InChI is InChI=1S/C15H17N3OS/c1-10-4-7-13(14(16)20)15(17-10)18(11-5-6-11)9-12-3-2-8-19-12/h2-4,7-8,11H,5-6,9H2,1H3,(H2,16,20). The molecule has 0 spiro atoms. The Balaban J connectivity index is 1.98. The molecule has 104 valence electrons. The second-order valence-corrected chi connectivity index (χ2v) is 5.57. The van der Waals surface area contributed by atoms with Gasteiger partial charge in [0.05, 0.1) is 18.4 Å². The molecule has 20 heavy (non-hydrogen) atoms. The van der Waals surface area contributed by atoms with Gasteiger partial charge in [-0.3, -0.25) is 0 Å². The highest BCUT2D eigenvalue weighted by Crippen LogP contribution is 2.34. The van der Waals surface area contributed by atoms with Crippen molar-refractivity contribution >= 4 is 23.0 Å². The Labute approximate surface area is 123 Å². The Kier molecular flexibility index (Phi) is 3.44. The van der Waals surface area contributed by atoms with Crippen molar-refractivity contribution in [2.45, 2.75) is 32.4 Å². The van der Waals surface area contributed by atoms with Crippen molar-refractivity contribution in [3.05, 3.63) is 47.5 Å². The summed E-state index contributed by atoms with van der Waals surface area (Å²) in [6.45, 7) is 2.68. The minimum Gasteiger partial charge on any atom is -0.467 e. The lowest BCUT2D eigenvalue weighted by molar-refractivity contribution is 0.500. The summed E-state index contributed by atoms with van der Waals surface area (Å²) in [5, 5.41) is 0. The topological polar surface area (TPSA) is 55.3 Å². The first-order valence-corrected chi connectivity index (χ1v) is 7.12. The van der Waals surface area contributed by atoms with Crippen LogP contribution in [-0.4, -0.2) is 16.0 Å². The van der Waals surface area contributed by atoms with Crippen molar-refractivity contribution in [1.29, 1.82) is 0 Å². The number of furan rings is 1. The van der Waals surface area contributed by atoms with E-state index < -0.39 is 0 Å². The number of nitrogens with two attached hydrogens (primary N) is 1. The molecule has 2 N–H and O–H groups in total. The zero-order valence-electron chi connectivity index (χ0n) is 11.4. The van der Waals surface area contributed by atoms with Crippen molar-refractivity contribution in [3.63, 3.8) is 0 Å². The zero-order chi connectivity index (χ0) is 14.1. The lowest BCUT2D eigenvalue weighted by atomic mass is 10.2. The maximum absolute atomic E-state index is 5.84. The SMILES string of the molecule is Cc1ccc(C(N)=S)c(N(Cc2ccco2)C2CC2)n1. The van der Waals surface area contributed by atoms with Gasteiger partial charge in [0, 0.05) is 11.7 Å². The first-order valence-electron chi connectivity index (χ1n) is 6.71.